The van der Waals surface area contributed by atoms with Crippen molar-refractivity contribution in [3.63, 3.8) is 0 Å². The molecule has 2 aromatic heterocycles. The Bertz CT molecular complexity index is 944. The van der Waals surface area contributed by atoms with Crippen LogP contribution in [-0.2, 0) is 17.9 Å². The zero-order valence-corrected chi connectivity index (χ0v) is 17.5. The van der Waals surface area contributed by atoms with Crippen molar-refractivity contribution in [3.05, 3.63) is 57.6 Å². The average Bonchev–Trinajstić information content (AvgIpc) is 3.17. The van der Waals surface area contributed by atoms with Crippen LogP contribution in [0.1, 0.15) is 29.4 Å². The molecule has 1 N–H and O–H groups in total. The Morgan fingerprint density at radius 1 is 1.19 bits per heavy atom. The minimum atomic E-state index is -0.265. The molecule has 0 bridgehead atoms. The summed E-state index contributed by atoms with van der Waals surface area (Å²) in [5.74, 6) is -0.0841. The van der Waals surface area contributed by atoms with Crippen LogP contribution >= 0.6 is 15.9 Å². The Balaban J connectivity index is 1.59. The SMILES string of the molecule is Cc1ccc(Cn2cnc(NC(=O)C(C)Cn3nc(C)c(Br)c3C)n2)cc1. The van der Waals surface area contributed by atoms with Gasteiger partial charge in [0, 0.05) is 5.69 Å². The second-order valence-corrected chi connectivity index (χ2v) is 7.60. The van der Waals surface area contributed by atoms with Crippen LogP contribution in [-0.4, -0.2) is 30.5 Å². The van der Waals surface area contributed by atoms with E-state index in [2.05, 4.69) is 67.6 Å². The third kappa shape index (κ3) is 4.63. The molecule has 7 nitrogen and oxygen atoms in total. The van der Waals surface area contributed by atoms with E-state index in [0.717, 1.165) is 21.4 Å². The summed E-state index contributed by atoms with van der Waals surface area (Å²) in [4.78, 5) is 16.7. The number of aryl methyl sites for hydroxylation is 2. The zero-order chi connectivity index (χ0) is 19.6. The molecule has 1 amide bonds. The minimum Gasteiger partial charge on any atom is -0.293 e. The molecule has 1 atom stereocenters. The van der Waals surface area contributed by atoms with Gasteiger partial charge in [0.2, 0.25) is 11.9 Å². The first kappa shape index (κ1) is 19.3. The molecule has 0 spiro atoms. The van der Waals surface area contributed by atoms with Crippen molar-refractivity contribution in [2.45, 2.75) is 40.8 Å². The van der Waals surface area contributed by atoms with E-state index in [1.54, 1.807) is 11.0 Å². The van der Waals surface area contributed by atoms with Gasteiger partial charge in [-0.3, -0.25) is 14.8 Å². The molecule has 0 radical (unpaired) electrons. The van der Waals surface area contributed by atoms with Gasteiger partial charge in [-0.05, 0) is 42.3 Å². The number of benzene rings is 1. The zero-order valence-electron chi connectivity index (χ0n) is 15.9. The average molecular weight is 431 g/mol. The molecule has 8 heteroatoms. The van der Waals surface area contributed by atoms with Crippen molar-refractivity contribution in [2.75, 3.05) is 5.32 Å². The molecule has 1 unspecified atom stereocenters. The maximum atomic E-state index is 12.5. The topological polar surface area (TPSA) is 77.6 Å². The molecule has 3 rings (SSSR count). The summed E-state index contributed by atoms with van der Waals surface area (Å²) in [5.41, 5.74) is 4.27. The van der Waals surface area contributed by atoms with Crippen molar-refractivity contribution < 1.29 is 4.79 Å². The Labute approximate surface area is 166 Å². The van der Waals surface area contributed by atoms with E-state index in [0.29, 0.717) is 19.0 Å². The number of nitrogens with one attached hydrogen (secondary N) is 1. The number of nitrogens with zero attached hydrogens (tertiary/aromatic N) is 5. The molecular formula is C19H23BrN6O. The maximum Gasteiger partial charge on any atom is 0.248 e. The van der Waals surface area contributed by atoms with Crippen LogP contribution in [0.3, 0.4) is 0 Å². The summed E-state index contributed by atoms with van der Waals surface area (Å²) < 4.78 is 4.53. The standard InChI is InChI=1S/C19H23BrN6O/c1-12-5-7-16(8-6-12)10-25-11-21-19(24-25)22-18(27)13(2)9-26-15(4)17(20)14(3)23-26/h5-8,11,13H,9-10H2,1-4H3,(H,22,24,27). The summed E-state index contributed by atoms with van der Waals surface area (Å²) in [5, 5.41) is 11.6. The smallest absolute Gasteiger partial charge is 0.248 e. The number of hydrogen-bond donors (Lipinski definition) is 1. The fraction of sp³-hybridized carbons (Fsp3) is 0.368. The van der Waals surface area contributed by atoms with Gasteiger partial charge in [0.25, 0.3) is 0 Å². The molecule has 0 fully saturated rings. The number of amides is 1. The Morgan fingerprint density at radius 2 is 1.89 bits per heavy atom. The van der Waals surface area contributed by atoms with Crippen molar-refractivity contribution in [1.29, 1.82) is 0 Å². The van der Waals surface area contributed by atoms with E-state index in [4.69, 9.17) is 0 Å². The Hall–Kier alpha value is -2.48. The lowest BCUT2D eigenvalue weighted by molar-refractivity contribution is -0.119. The van der Waals surface area contributed by atoms with Crippen LogP contribution in [0, 0.1) is 26.7 Å². The number of hydrogen-bond acceptors (Lipinski definition) is 4. The second-order valence-electron chi connectivity index (χ2n) is 6.81. The van der Waals surface area contributed by atoms with E-state index < -0.39 is 0 Å². The molecule has 0 aliphatic carbocycles. The highest BCUT2D eigenvalue weighted by Gasteiger charge is 2.18. The largest absolute Gasteiger partial charge is 0.293 e. The van der Waals surface area contributed by atoms with Gasteiger partial charge in [0.1, 0.15) is 6.33 Å². The minimum absolute atomic E-state index is 0.133. The molecule has 0 saturated heterocycles. The molecule has 3 aromatic rings. The predicted molar refractivity (Wildman–Crippen MR) is 107 cm³/mol. The van der Waals surface area contributed by atoms with Gasteiger partial charge in [-0.2, -0.15) is 5.10 Å². The van der Waals surface area contributed by atoms with Crippen LogP contribution in [0.15, 0.2) is 35.1 Å². The van der Waals surface area contributed by atoms with Gasteiger partial charge < -0.3 is 0 Å². The molecule has 2 heterocycles. The number of aromatic nitrogens is 5. The molecule has 1 aromatic carbocycles. The van der Waals surface area contributed by atoms with Crippen LogP contribution in [0.2, 0.25) is 0 Å². The third-order valence-electron chi connectivity index (χ3n) is 4.42. The molecule has 142 valence electrons. The number of anilines is 1. The van der Waals surface area contributed by atoms with Crippen LogP contribution < -0.4 is 5.32 Å². The number of carbonyl (C=O) groups excluding carboxylic acids is 1. The number of halogens is 1. The molecular weight excluding hydrogens is 408 g/mol. The van der Waals surface area contributed by atoms with Gasteiger partial charge in [-0.15, -0.1) is 5.10 Å². The Morgan fingerprint density at radius 3 is 2.52 bits per heavy atom. The third-order valence-corrected chi connectivity index (χ3v) is 5.57. The van der Waals surface area contributed by atoms with E-state index in [1.807, 2.05) is 25.5 Å². The monoisotopic (exact) mass is 430 g/mol. The first-order valence-corrected chi connectivity index (χ1v) is 9.58. The van der Waals surface area contributed by atoms with Gasteiger partial charge in [0.15, 0.2) is 0 Å². The van der Waals surface area contributed by atoms with Crippen molar-refractivity contribution in [3.8, 4) is 0 Å². The van der Waals surface area contributed by atoms with Crippen molar-refractivity contribution >= 4 is 27.8 Å². The van der Waals surface area contributed by atoms with Crippen molar-refractivity contribution in [2.24, 2.45) is 5.92 Å². The van der Waals surface area contributed by atoms with Gasteiger partial charge in [-0.25, -0.2) is 9.67 Å². The summed E-state index contributed by atoms with van der Waals surface area (Å²) in [7, 11) is 0. The highest BCUT2D eigenvalue weighted by atomic mass is 79.9. The molecule has 0 aliphatic heterocycles. The van der Waals surface area contributed by atoms with Gasteiger partial charge in [0.05, 0.1) is 29.2 Å². The molecule has 27 heavy (non-hydrogen) atoms. The summed E-state index contributed by atoms with van der Waals surface area (Å²) in [6.07, 6.45) is 1.62. The summed E-state index contributed by atoms with van der Waals surface area (Å²) in [6.45, 7) is 8.93. The maximum absolute atomic E-state index is 12.5. The first-order valence-electron chi connectivity index (χ1n) is 8.79. The summed E-state index contributed by atoms with van der Waals surface area (Å²) in [6, 6.07) is 8.25. The second kappa shape index (κ2) is 8.04. The lowest BCUT2D eigenvalue weighted by atomic mass is 10.1. The normalized spacial score (nSPS) is 12.2. The summed E-state index contributed by atoms with van der Waals surface area (Å²) >= 11 is 3.51. The van der Waals surface area contributed by atoms with Crippen molar-refractivity contribution in [1.82, 2.24) is 24.5 Å². The van der Waals surface area contributed by atoms with E-state index in [9.17, 15) is 4.79 Å². The highest BCUT2D eigenvalue weighted by molar-refractivity contribution is 9.10. The van der Waals surface area contributed by atoms with E-state index in [1.165, 1.54) is 5.56 Å². The fourth-order valence-electron chi connectivity index (χ4n) is 2.74. The highest BCUT2D eigenvalue weighted by Crippen LogP contribution is 2.20. The lowest BCUT2D eigenvalue weighted by Crippen LogP contribution is -2.26. The first-order chi connectivity index (χ1) is 12.8. The Kier molecular flexibility index (Phi) is 5.74. The van der Waals surface area contributed by atoms with Crippen LogP contribution in [0.25, 0.3) is 0 Å². The predicted octanol–water partition coefficient (Wildman–Crippen LogP) is 3.49. The lowest BCUT2D eigenvalue weighted by Gasteiger charge is -2.12. The fourth-order valence-corrected chi connectivity index (χ4v) is 3.02. The van der Waals surface area contributed by atoms with Gasteiger partial charge >= 0.3 is 0 Å². The van der Waals surface area contributed by atoms with Gasteiger partial charge in [-0.1, -0.05) is 36.8 Å². The van der Waals surface area contributed by atoms with E-state index >= 15 is 0 Å². The quantitative estimate of drug-likeness (QED) is 0.648. The van der Waals surface area contributed by atoms with Crippen LogP contribution in [0.5, 0.6) is 0 Å². The molecule has 0 saturated carbocycles. The van der Waals surface area contributed by atoms with E-state index in [-0.39, 0.29) is 11.8 Å². The van der Waals surface area contributed by atoms with Crippen LogP contribution in [0.4, 0.5) is 5.95 Å². The molecule has 0 aliphatic rings. The number of carbonyl (C=O) groups is 1. The number of rotatable bonds is 6.